The lowest BCUT2D eigenvalue weighted by Gasteiger charge is -2.12. The standard InChI is InChI=1S/C10H8N2O/c11-6-8-3-1-7-2-4-9(13)5-10(7)12-8/h1,3H,2,4-5H2. The number of aromatic nitrogens is 1. The number of carbonyl (C=O) groups is 1. The third-order valence-corrected chi connectivity index (χ3v) is 2.22. The maximum atomic E-state index is 11.1. The Balaban J connectivity index is 2.45. The van der Waals surface area contributed by atoms with Crippen LogP contribution in [0, 0.1) is 11.3 Å². The topological polar surface area (TPSA) is 53.8 Å². The number of fused-ring (bicyclic) bond motifs is 1. The van der Waals surface area contributed by atoms with E-state index in [2.05, 4.69) is 4.98 Å². The van der Waals surface area contributed by atoms with Crippen LogP contribution in [0.3, 0.4) is 0 Å². The van der Waals surface area contributed by atoms with E-state index in [-0.39, 0.29) is 5.78 Å². The van der Waals surface area contributed by atoms with Gasteiger partial charge in [0.2, 0.25) is 0 Å². The average Bonchev–Trinajstić information content (AvgIpc) is 2.16. The van der Waals surface area contributed by atoms with E-state index in [1.54, 1.807) is 6.07 Å². The van der Waals surface area contributed by atoms with Crippen LogP contribution in [0.15, 0.2) is 12.1 Å². The zero-order chi connectivity index (χ0) is 9.26. The van der Waals surface area contributed by atoms with Crippen molar-refractivity contribution in [3.63, 3.8) is 0 Å². The molecule has 0 saturated heterocycles. The van der Waals surface area contributed by atoms with E-state index in [4.69, 9.17) is 5.26 Å². The Morgan fingerprint density at radius 1 is 1.38 bits per heavy atom. The number of rotatable bonds is 0. The van der Waals surface area contributed by atoms with Crippen LogP contribution in [0.2, 0.25) is 0 Å². The molecule has 0 N–H and O–H groups in total. The monoisotopic (exact) mass is 172 g/mol. The van der Waals surface area contributed by atoms with Gasteiger partial charge >= 0.3 is 0 Å². The van der Waals surface area contributed by atoms with Crippen LogP contribution in [0.5, 0.6) is 0 Å². The number of nitriles is 1. The fourth-order valence-electron chi connectivity index (χ4n) is 1.52. The molecule has 0 radical (unpaired) electrons. The molecule has 0 aliphatic heterocycles. The molecule has 0 fully saturated rings. The summed E-state index contributed by atoms with van der Waals surface area (Å²) in [5.41, 5.74) is 2.29. The molecule has 13 heavy (non-hydrogen) atoms. The average molecular weight is 172 g/mol. The van der Waals surface area contributed by atoms with Gasteiger partial charge < -0.3 is 0 Å². The number of carbonyl (C=O) groups excluding carboxylic acids is 1. The molecular weight excluding hydrogens is 164 g/mol. The summed E-state index contributed by atoms with van der Waals surface area (Å²) in [6, 6.07) is 5.57. The highest BCUT2D eigenvalue weighted by Gasteiger charge is 2.16. The molecule has 0 unspecified atom stereocenters. The van der Waals surface area contributed by atoms with E-state index >= 15 is 0 Å². The Morgan fingerprint density at radius 2 is 2.23 bits per heavy atom. The first kappa shape index (κ1) is 7.93. The largest absolute Gasteiger partial charge is 0.299 e. The molecular formula is C10H8N2O. The molecule has 3 heteroatoms. The third-order valence-electron chi connectivity index (χ3n) is 2.22. The predicted molar refractivity (Wildman–Crippen MR) is 46.0 cm³/mol. The van der Waals surface area contributed by atoms with Crippen molar-refractivity contribution in [1.82, 2.24) is 4.98 Å². The van der Waals surface area contributed by atoms with Crippen molar-refractivity contribution in [3.05, 3.63) is 29.1 Å². The minimum absolute atomic E-state index is 0.218. The van der Waals surface area contributed by atoms with Gasteiger partial charge in [0.25, 0.3) is 0 Å². The fraction of sp³-hybridized carbons (Fsp3) is 0.300. The van der Waals surface area contributed by atoms with Crippen LogP contribution < -0.4 is 0 Å². The van der Waals surface area contributed by atoms with E-state index < -0.39 is 0 Å². The third kappa shape index (κ3) is 1.43. The lowest BCUT2D eigenvalue weighted by Crippen LogP contribution is -2.15. The van der Waals surface area contributed by atoms with Crippen molar-refractivity contribution >= 4 is 5.78 Å². The minimum atomic E-state index is 0.218. The fourth-order valence-corrected chi connectivity index (χ4v) is 1.52. The summed E-state index contributed by atoms with van der Waals surface area (Å²) in [7, 11) is 0. The lowest BCUT2D eigenvalue weighted by atomic mass is 9.95. The molecule has 0 amide bonds. The highest BCUT2D eigenvalue weighted by molar-refractivity contribution is 5.82. The van der Waals surface area contributed by atoms with Gasteiger partial charge in [-0.2, -0.15) is 5.26 Å². The number of hydrogen-bond donors (Lipinski definition) is 0. The number of ketones is 1. The van der Waals surface area contributed by atoms with Gasteiger partial charge in [-0.3, -0.25) is 4.79 Å². The van der Waals surface area contributed by atoms with Crippen LogP contribution in [-0.2, 0) is 17.6 Å². The lowest BCUT2D eigenvalue weighted by molar-refractivity contribution is -0.118. The van der Waals surface area contributed by atoms with Gasteiger partial charge in [0, 0.05) is 12.8 Å². The molecule has 0 saturated carbocycles. The maximum Gasteiger partial charge on any atom is 0.140 e. The second-order valence-corrected chi connectivity index (χ2v) is 3.13. The van der Waals surface area contributed by atoms with Gasteiger partial charge in [0.1, 0.15) is 17.5 Å². The summed E-state index contributed by atoms with van der Waals surface area (Å²) in [4.78, 5) is 15.2. The van der Waals surface area contributed by atoms with Gasteiger partial charge in [0.05, 0.1) is 5.69 Å². The highest BCUT2D eigenvalue weighted by Crippen LogP contribution is 2.17. The van der Waals surface area contributed by atoms with Crippen molar-refractivity contribution in [2.45, 2.75) is 19.3 Å². The summed E-state index contributed by atoms with van der Waals surface area (Å²) in [6.07, 6.45) is 1.78. The molecule has 3 nitrogen and oxygen atoms in total. The maximum absolute atomic E-state index is 11.1. The SMILES string of the molecule is N#Cc1ccc2c(n1)CC(=O)CC2. The van der Waals surface area contributed by atoms with Crippen LogP contribution in [0.4, 0.5) is 0 Å². The number of hydrogen-bond acceptors (Lipinski definition) is 3. The van der Waals surface area contributed by atoms with E-state index in [9.17, 15) is 4.79 Å². The van der Waals surface area contributed by atoms with Crippen molar-refractivity contribution in [3.8, 4) is 6.07 Å². The zero-order valence-corrected chi connectivity index (χ0v) is 7.08. The molecule has 0 spiro atoms. The van der Waals surface area contributed by atoms with Gasteiger partial charge in [-0.25, -0.2) is 4.98 Å². The highest BCUT2D eigenvalue weighted by atomic mass is 16.1. The Bertz CT molecular complexity index is 404. The summed E-state index contributed by atoms with van der Waals surface area (Å²) >= 11 is 0. The van der Waals surface area contributed by atoms with E-state index in [0.717, 1.165) is 17.7 Å². The van der Waals surface area contributed by atoms with Crippen molar-refractivity contribution in [2.24, 2.45) is 0 Å². The van der Waals surface area contributed by atoms with Gasteiger partial charge in [-0.05, 0) is 18.1 Å². The smallest absolute Gasteiger partial charge is 0.140 e. The van der Waals surface area contributed by atoms with Crippen LogP contribution in [0.25, 0.3) is 0 Å². The normalized spacial score (nSPS) is 14.8. The van der Waals surface area contributed by atoms with Gasteiger partial charge in [-0.15, -0.1) is 0 Å². The second kappa shape index (κ2) is 2.98. The number of aryl methyl sites for hydroxylation is 1. The first-order valence-corrected chi connectivity index (χ1v) is 4.20. The Labute approximate surface area is 76.0 Å². The number of Topliss-reactive ketones (excluding diaryl/α,β-unsaturated/α-hetero) is 1. The minimum Gasteiger partial charge on any atom is -0.299 e. The number of nitrogens with zero attached hydrogens (tertiary/aromatic N) is 2. The molecule has 2 rings (SSSR count). The molecule has 64 valence electrons. The first-order chi connectivity index (χ1) is 6.29. The first-order valence-electron chi connectivity index (χ1n) is 4.20. The van der Waals surface area contributed by atoms with Gasteiger partial charge in [-0.1, -0.05) is 6.07 Å². The number of pyridine rings is 1. The summed E-state index contributed by atoms with van der Waals surface area (Å²) in [6.45, 7) is 0. The summed E-state index contributed by atoms with van der Waals surface area (Å²) in [5, 5.41) is 8.61. The Hall–Kier alpha value is -1.69. The zero-order valence-electron chi connectivity index (χ0n) is 7.08. The molecule has 1 aliphatic carbocycles. The molecule has 1 aliphatic rings. The molecule has 0 bridgehead atoms. The second-order valence-electron chi connectivity index (χ2n) is 3.13. The van der Waals surface area contributed by atoms with Gasteiger partial charge in [0.15, 0.2) is 0 Å². The Kier molecular flexibility index (Phi) is 1.82. The van der Waals surface area contributed by atoms with Crippen molar-refractivity contribution < 1.29 is 4.79 Å². The van der Waals surface area contributed by atoms with E-state index in [1.807, 2.05) is 12.1 Å². The molecule has 0 aromatic carbocycles. The molecule has 0 atom stereocenters. The Morgan fingerprint density at radius 3 is 3.00 bits per heavy atom. The van der Waals surface area contributed by atoms with E-state index in [0.29, 0.717) is 18.5 Å². The predicted octanol–water partition coefficient (Wildman–Crippen LogP) is 1.01. The van der Waals surface area contributed by atoms with Crippen LogP contribution in [-0.4, -0.2) is 10.8 Å². The van der Waals surface area contributed by atoms with Crippen molar-refractivity contribution in [2.75, 3.05) is 0 Å². The van der Waals surface area contributed by atoms with E-state index in [1.165, 1.54) is 0 Å². The van der Waals surface area contributed by atoms with Crippen molar-refractivity contribution in [1.29, 1.82) is 5.26 Å². The molecule has 1 heterocycles. The molecule has 1 aromatic rings. The summed E-state index contributed by atoms with van der Waals surface area (Å²) in [5.74, 6) is 0.218. The summed E-state index contributed by atoms with van der Waals surface area (Å²) < 4.78 is 0. The van der Waals surface area contributed by atoms with Crippen LogP contribution in [0.1, 0.15) is 23.4 Å². The quantitative estimate of drug-likeness (QED) is 0.586. The van der Waals surface area contributed by atoms with Crippen LogP contribution >= 0.6 is 0 Å². The molecule has 1 aromatic heterocycles.